The lowest BCUT2D eigenvalue weighted by Gasteiger charge is -2.02. The first-order chi connectivity index (χ1) is 10.6. The van der Waals surface area contributed by atoms with Crippen molar-refractivity contribution < 1.29 is 4.92 Å². The number of nitro groups is 1. The van der Waals surface area contributed by atoms with Crippen molar-refractivity contribution in [1.82, 2.24) is 4.98 Å². The van der Waals surface area contributed by atoms with E-state index in [0.29, 0.717) is 11.3 Å². The number of para-hydroxylation sites is 1. The van der Waals surface area contributed by atoms with Gasteiger partial charge in [-0.15, -0.1) is 0 Å². The summed E-state index contributed by atoms with van der Waals surface area (Å²) in [5.41, 5.74) is 8.33. The van der Waals surface area contributed by atoms with Crippen LogP contribution >= 0.6 is 0 Å². The molecule has 0 aliphatic heterocycles. The van der Waals surface area contributed by atoms with Crippen LogP contribution in [0.1, 0.15) is 11.1 Å². The molecule has 0 bridgehead atoms. The van der Waals surface area contributed by atoms with Crippen molar-refractivity contribution >= 4 is 34.4 Å². The molecule has 0 radical (unpaired) electrons. The summed E-state index contributed by atoms with van der Waals surface area (Å²) in [6.07, 6.45) is 5.29. The third-order valence-electron chi connectivity index (χ3n) is 3.38. The molecule has 3 rings (SSSR count). The van der Waals surface area contributed by atoms with E-state index >= 15 is 0 Å². The molecule has 0 unspecified atom stereocenters. The molecule has 5 nitrogen and oxygen atoms in total. The molecule has 1 aromatic heterocycles. The van der Waals surface area contributed by atoms with Crippen molar-refractivity contribution in [1.29, 1.82) is 0 Å². The van der Waals surface area contributed by atoms with Gasteiger partial charge in [0.1, 0.15) is 0 Å². The van der Waals surface area contributed by atoms with E-state index in [4.69, 9.17) is 5.73 Å². The summed E-state index contributed by atoms with van der Waals surface area (Å²) in [6.45, 7) is 0. The zero-order chi connectivity index (χ0) is 15.5. The molecular formula is C17H13N3O2. The number of anilines is 1. The number of rotatable bonds is 3. The Morgan fingerprint density at radius 3 is 2.64 bits per heavy atom. The first-order valence-corrected chi connectivity index (χ1v) is 6.71. The topological polar surface area (TPSA) is 82.0 Å². The Balaban J connectivity index is 2.06. The van der Waals surface area contributed by atoms with Crippen LogP contribution in [0, 0.1) is 10.1 Å². The van der Waals surface area contributed by atoms with E-state index in [2.05, 4.69) is 4.98 Å². The van der Waals surface area contributed by atoms with Gasteiger partial charge < -0.3 is 5.73 Å². The second-order valence-electron chi connectivity index (χ2n) is 4.83. The lowest BCUT2D eigenvalue weighted by molar-refractivity contribution is -0.385. The first-order valence-electron chi connectivity index (χ1n) is 6.71. The fraction of sp³-hybridized carbons (Fsp3) is 0. The number of nitrogen functional groups attached to an aromatic ring is 1. The molecule has 108 valence electrons. The molecule has 0 saturated heterocycles. The zero-order valence-electron chi connectivity index (χ0n) is 11.6. The van der Waals surface area contributed by atoms with E-state index in [1.165, 1.54) is 6.07 Å². The smallest absolute Gasteiger partial charge is 0.278 e. The van der Waals surface area contributed by atoms with Gasteiger partial charge in [-0.25, -0.2) is 0 Å². The number of pyridine rings is 1. The van der Waals surface area contributed by atoms with Crippen LogP contribution in [0.25, 0.3) is 23.1 Å². The highest BCUT2D eigenvalue weighted by Gasteiger charge is 2.11. The molecule has 3 aromatic rings. The van der Waals surface area contributed by atoms with Crippen LogP contribution in [0.15, 0.2) is 54.7 Å². The number of hydrogen-bond donors (Lipinski definition) is 1. The third-order valence-corrected chi connectivity index (χ3v) is 3.38. The number of fused-ring (bicyclic) bond motifs is 1. The van der Waals surface area contributed by atoms with E-state index in [1.54, 1.807) is 24.4 Å². The summed E-state index contributed by atoms with van der Waals surface area (Å²) in [6, 6.07) is 14.3. The highest BCUT2D eigenvalue weighted by molar-refractivity contribution is 5.91. The number of aromatic nitrogens is 1. The SMILES string of the molecule is Nc1ccc(/C=C/c2ccnc3ccccc23)c([N+](=O)[O-])c1. The van der Waals surface area contributed by atoms with Gasteiger partial charge in [0.05, 0.1) is 16.0 Å². The molecule has 0 aliphatic rings. The molecule has 0 fully saturated rings. The molecular weight excluding hydrogens is 278 g/mol. The second-order valence-corrected chi connectivity index (χ2v) is 4.83. The van der Waals surface area contributed by atoms with Gasteiger partial charge in [0, 0.05) is 23.3 Å². The number of benzene rings is 2. The second kappa shape index (κ2) is 5.65. The Kier molecular flexibility index (Phi) is 3.53. The van der Waals surface area contributed by atoms with Crippen molar-refractivity contribution in [2.24, 2.45) is 0 Å². The van der Waals surface area contributed by atoms with E-state index in [1.807, 2.05) is 36.4 Å². The molecule has 0 saturated carbocycles. The van der Waals surface area contributed by atoms with Crippen molar-refractivity contribution in [2.45, 2.75) is 0 Å². The summed E-state index contributed by atoms with van der Waals surface area (Å²) in [4.78, 5) is 15.0. The lowest BCUT2D eigenvalue weighted by atomic mass is 10.1. The highest BCUT2D eigenvalue weighted by atomic mass is 16.6. The first kappa shape index (κ1) is 13.8. The van der Waals surface area contributed by atoms with Crippen molar-refractivity contribution in [3.8, 4) is 0 Å². The largest absolute Gasteiger partial charge is 0.399 e. The molecule has 0 spiro atoms. The summed E-state index contributed by atoms with van der Waals surface area (Å²) in [7, 11) is 0. The van der Waals surface area contributed by atoms with Crippen molar-refractivity contribution in [2.75, 3.05) is 5.73 Å². The van der Waals surface area contributed by atoms with Gasteiger partial charge >= 0.3 is 0 Å². The quantitative estimate of drug-likeness (QED) is 0.451. The van der Waals surface area contributed by atoms with Crippen LogP contribution in [0.3, 0.4) is 0 Å². The number of nitrogens with zero attached hydrogens (tertiary/aromatic N) is 2. The average Bonchev–Trinajstić information content (AvgIpc) is 2.53. The molecule has 1 heterocycles. The maximum Gasteiger partial charge on any atom is 0.278 e. The van der Waals surface area contributed by atoms with Gasteiger partial charge in [-0.1, -0.05) is 24.3 Å². The zero-order valence-corrected chi connectivity index (χ0v) is 11.6. The monoisotopic (exact) mass is 291 g/mol. The van der Waals surface area contributed by atoms with Gasteiger partial charge in [0.25, 0.3) is 5.69 Å². The summed E-state index contributed by atoms with van der Waals surface area (Å²) in [5.74, 6) is 0. The predicted molar refractivity (Wildman–Crippen MR) is 88.2 cm³/mol. The van der Waals surface area contributed by atoms with Crippen molar-refractivity contribution in [3.63, 3.8) is 0 Å². The molecule has 0 amide bonds. The average molecular weight is 291 g/mol. The van der Waals surface area contributed by atoms with E-state index < -0.39 is 4.92 Å². The Morgan fingerprint density at radius 2 is 1.82 bits per heavy atom. The Labute approximate surface area is 126 Å². The number of nitro benzene ring substituents is 1. The van der Waals surface area contributed by atoms with Gasteiger partial charge in [-0.3, -0.25) is 15.1 Å². The normalized spacial score (nSPS) is 11.1. The molecule has 22 heavy (non-hydrogen) atoms. The molecule has 0 aliphatic carbocycles. The predicted octanol–water partition coefficient (Wildman–Crippen LogP) is 3.90. The fourth-order valence-electron chi connectivity index (χ4n) is 2.30. The summed E-state index contributed by atoms with van der Waals surface area (Å²) >= 11 is 0. The maximum absolute atomic E-state index is 11.1. The van der Waals surface area contributed by atoms with Crippen LogP contribution < -0.4 is 5.73 Å². The van der Waals surface area contributed by atoms with Gasteiger partial charge in [-0.2, -0.15) is 0 Å². The van der Waals surface area contributed by atoms with Crippen LogP contribution in [-0.2, 0) is 0 Å². The van der Waals surface area contributed by atoms with Crippen molar-refractivity contribution in [3.05, 3.63) is 76.0 Å². The standard InChI is InChI=1S/C17H13N3O2/c18-14-8-7-13(17(11-14)20(21)22)6-5-12-9-10-19-16-4-2-1-3-15(12)16/h1-11H,18H2/b6-5+. The Hall–Kier alpha value is -3.21. The van der Waals surface area contributed by atoms with Gasteiger partial charge in [-0.05, 0) is 35.9 Å². The Morgan fingerprint density at radius 1 is 1.05 bits per heavy atom. The Bertz CT molecular complexity index is 883. The van der Waals surface area contributed by atoms with Gasteiger partial charge in [0.2, 0.25) is 0 Å². The highest BCUT2D eigenvalue weighted by Crippen LogP contribution is 2.25. The lowest BCUT2D eigenvalue weighted by Crippen LogP contribution is -1.94. The van der Waals surface area contributed by atoms with E-state index in [9.17, 15) is 10.1 Å². The molecule has 2 N–H and O–H groups in total. The van der Waals surface area contributed by atoms with Crippen LogP contribution in [-0.4, -0.2) is 9.91 Å². The van der Waals surface area contributed by atoms with Crippen LogP contribution in [0.2, 0.25) is 0 Å². The molecule has 0 atom stereocenters. The minimum Gasteiger partial charge on any atom is -0.399 e. The van der Waals surface area contributed by atoms with E-state index in [0.717, 1.165) is 16.5 Å². The van der Waals surface area contributed by atoms with Crippen LogP contribution in [0.5, 0.6) is 0 Å². The summed E-state index contributed by atoms with van der Waals surface area (Å²) < 4.78 is 0. The minimum atomic E-state index is -0.430. The summed E-state index contributed by atoms with van der Waals surface area (Å²) in [5, 5.41) is 12.1. The fourth-order valence-corrected chi connectivity index (χ4v) is 2.30. The number of hydrogen-bond acceptors (Lipinski definition) is 4. The van der Waals surface area contributed by atoms with Gasteiger partial charge in [0.15, 0.2) is 0 Å². The molecule has 5 heteroatoms. The maximum atomic E-state index is 11.1. The number of nitrogens with two attached hydrogens (primary N) is 1. The third kappa shape index (κ3) is 2.64. The van der Waals surface area contributed by atoms with Crippen LogP contribution in [0.4, 0.5) is 11.4 Å². The minimum absolute atomic E-state index is 0.00499. The molecule has 2 aromatic carbocycles. The van der Waals surface area contributed by atoms with E-state index in [-0.39, 0.29) is 5.69 Å².